The molecule has 0 fully saturated rings. The fourth-order valence-electron chi connectivity index (χ4n) is 1.21. The summed E-state index contributed by atoms with van der Waals surface area (Å²) < 4.78 is 0. The van der Waals surface area contributed by atoms with Gasteiger partial charge in [0.15, 0.2) is 0 Å². The summed E-state index contributed by atoms with van der Waals surface area (Å²) in [5.41, 5.74) is 1.33. The van der Waals surface area contributed by atoms with Crippen molar-refractivity contribution >= 4 is 33.3 Å². The fraction of sp³-hybridized carbons (Fsp3) is 0.300. The molecule has 0 saturated carbocycles. The summed E-state index contributed by atoms with van der Waals surface area (Å²) in [5.74, 6) is -0.0344. The van der Waals surface area contributed by atoms with Crippen LogP contribution in [0.2, 0.25) is 5.02 Å². The van der Waals surface area contributed by atoms with Gasteiger partial charge in [0.1, 0.15) is 5.78 Å². The number of hydrogen-bond acceptors (Lipinski definition) is 2. The van der Waals surface area contributed by atoms with Crippen molar-refractivity contribution in [3.05, 3.63) is 34.3 Å². The number of carbonyl (C=O) groups is 1. The molecule has 14 heavy (non-hydrogen) atoms. The summed E-state index contributed by atoms with van der Waals surface area (Å²) in [7, 11) is 0. The average molecular weight is 278 g/mol. The topological polar surface area (TPSA) is 37.3 Å². The molecule has 1 rings (SSSR count). The SMILES string of the molecule is CC(=O)C(Br)c1c(Cl)cccc1CO. The molecule has 76 valence electrons. The second-order valence-corrected chi connectivity index (χ2v) is 4.27. The summed E-state index contributed by atoms with van der Waals surface area (Å²) in [6.45, 7) is 1.36. The maximum absolute atomic E-state index is 11.2. The molecule has 0 saturated heterocycles. The van der Waals surface area contributed by atoms with Crippen molar-refractivity contribution < 1.29 is 9.90 Å². The van der Waals surface area contributed by atoms with Crippen molar-refractivity contribution in [2.75, 3.05) is 0 Å². The minimum atomic E-state index is -0.446. The number of Topliss-reactive ketones (excluding diaryl/α,β-unsaturated/α-hetero) is 1. The zero-order chi connectivity index (χ0) is 10.7. The Kier molecular flexibility index (Phi) is 4.11. The third-order valence-electron chi connectivity index (χ3n) is 1.92. The lowest BCUT2D eigenvalue weighted by atomic mass is 10.0. The molecular formula is C10H10BrClO2. The largest absolute Gasteiger partial charge is 0.392 e. The van der Waals surface area contributed by atoms with E-state index in [-0.39, 0.29) is 12.4 Å². The molecule has 1 N–H and O–H groups in total. The van der Waals surface area contributed by atoms with Crippen LogP contribution in [-0.2, 0) is 11.4 Å². The summed E-state index contributed by atoms with van der Waals surface area (Å²) >= 11 is 9.20. The molecule has 0 radical (unpaired) electrons. The van der Waals surface area contributed by atoms with E-state index >= 15 is 0 Å². The van der Waals surface area contributed by atoms with E-state index in [1.54, 1.807) is 18.2 Å². The van der Waals surface area contributed by atoms with Crippen LogP contribution in [-0.4, -0.2) is 10.9 Å². The molecule has 0 aliphatic carbocycles. The Morgan fingerprint density at radius 1 is 1.64 bits per heavy atom. The molecule has 1 atom stereocenters. The molecule has 4 heteroatoms. The minimum Gasteiger partial charge on any atom is -0.392 e. The number of benzene rings is 1. The standard InChI is InChI=1S/C10H10BrClO2/c1-6(14)10(11)9-7(5-13)3-2-4-8(9)12/h2-4,10,13H,5H2,1H3. The molecule has 0 spiro atoms. The first kappa shape index (κ1) is 11.7. The Morgan fingerprint density at radius 2 is 2.29 bits per heavy atom. The number of carbonyl (C=O) groups excluding carboxylic acids is 1. The number of rotatable bonds is 3. The van der Waals surface area contributed by atoms with Crippen LogP contribution >= 0.6 is 27.5 Å². The molecule has 1 aromatic carbocycles. The Bertz CT molecular complexity index is 352. The van der Waals surface area contributed by atoms with Crippen molar-refractivity contribution in [3.8, 4) is 0 Å². The highest BCUT2D eigenvalue weighted by Gasteiger charge is 2.18. The quantitative estimate of drug-likeness (QED) is 0.863. The van der Waals surface area contributed by atoms with Gasteiger partial charge in [0.05, 0.1) is 11.4 Å². The zero-order valence-electron chi connectivity index (χ0n) is 7.63. The van der Waals surface area contributed by atoms with Gasteiger partial charge in [-0.1, -0.05) is 39.7 Å². The Hall–Kier alpha value is -0.380. The van der Waals surface area contributed by atoms with Gasteiger partial charge in [-0.3, -0.25) is 4.79 Å². The van der Waals surface area contributed by atoms with Gasteiger partial charge in [0.2, 0.25) is 0 Å². The van der Waals surface area contributed by atoms with Crippen LogP contribution in [0.1, 0.15) is 22.9 Å². The molecule has 0 amide bonds. The number of ketones is 1. The molecule has 0 aliphatic rings. The lowest BCUT2D eigenvalue weighted by molar-refractivity contribution is -0.116. The lowest BCUT2D eigenvalue weighted by Crippen LogP contribution is -2.05. The molecule has 1 unspecified atom stereocenters. The molecular weight excluding hydrogens is 267 g/mol. The van der Waals surface area contributed by atoms with Gasteiger partial charge in [0.25, 0.3) is 0 Å². The van der Waals surface area contributed by atoms with E-state index in [1.165, 1.54) is 6.92 Å². The van der Waals surface area contributed by atoms with Gasteiger partial charge >= 0.3 is 0 Å². The lowest BCUT2D eigenvalue weighted by Gasteiger charge is -2.12. The first-order chi connectivity index (χ1) is 6.57. The Morgan fingerprint density at radius 3 is 2.79 bits per heavy atom. The van der Waals surface area contributed by atoms with Crippen LogP contribution in [0.3, 0.4) is 0 Å². The summed E-state index contributed by atoms with van der Waals surface area (Å²) in [6, 6.07) is 5.20. The van der Waals surface area contributed by atoms with Gasteiger partial charge in [-0.05, 0) is 24.1 Å². The number of hydrogen-bond donors (Lipinski definition) is 1. The third kappa shape index (κ3) is 2.35. The second kappa shape index (κ2) is 4.91. The highest BCUT2D eigenvalue weighted by Crippen LogP contribution is 2.33. The summed E-state index contributed by atoms with van der Waals surface area (Å²) in [4.78, 5) is 10.7. The minimum absolute atomic E-state index is 0.0344. The van der Waals surface area contributed by atoms with Gasteiger partial charge in [-0.15, -0.1) is 0 Å². The number of halogens is 2. The van der Waals surface area contributed by atoms with Crippen molar-refractivity contribution in [1.82, 2.24) is 0 Å². The maximum Gasteiger partial charge on any atom is 0.147 e. The first-order valence-electron chi connectivity index (χ1n) is 4.10. The van der Waals surface area contributed by atoms with Gasteiger partial charge in [-0.2, -0.15) is 0 Å². The Balaban J connectivity index is 3.23. The van der Waals surface area contributed by atoms with Gasteiger partial charge in [-0.25, -0.2) is 0 Å². The van der Waals surface area contributed by atoms with Gasteiger partial charge in [0, 0.05) is 5.02 Å². The van der Waals surface area contributed by atoms with E-state index in [0.717, 1.165) is 0 Å². The fourth-order valence-corrected chi connectivity index (χ4v) is 2.18. The van der Waals surface area contributed by atoms with Crippen molar-refractivity contribution in [2.24, 2.45) is 0 Å². The predicted octanol–water partition coefficient (Wildman–Crippen LogP) is 2.86. The highest BCUT2D eigenvalue weighted by molar-refractivity contribution is 9.09. The predicted molar refractivity (Wildman–Crippen MR) is 59.7 cm³/mol. The normalized spacial score (nSPS) is 12.6. The molecule has 0 aromatic heterocycles. The monoisotopic (exact) mass is 276 g/mol. The van der Waals surface area contributed by atoms with Crippen LogP contribution in [0.25, 0.3) is 0 Å². The third-order valence-corrected chi connectivity index (χ3v) is 3.36. The molecule has 1 aromatic rings. The maximum atomic E-state index is 11.2. The molecule has 2 nitrogen and oxygen atoms in total. The molecule has 0 bridgehead atoms. The number of aliphatic hydroxyl groups is 1. The number of alkyl halides is 1. The smallest absolute Gasteiger partial charge is 0.147 e. The molecule has 0 aliphatic heterocycles. The zero-order valence-corrected chi connectivity index (χ0v) is 9.97. The van der Waals surface area contributed by atoms with E-state index in [2.05, 4.69) is 15.9 Å². The average Bonchev–Trinajstić information content (AvgIpc) is 2.16. The van der Waals surface area contributed by atoms with E-state index in [0.29, 0.717) is 16.1 Å². The van der Waals surface area contributed by atoms with Crippen LogP contribution < -0.4 is 0 Å². The van der Waals surface area contributed by atoms with E-state index < -0.39 is 4.83 Å². The molecule has 0 heterocycles. The Labute approximate surface area is 96.0 Å². The second-order valence-electron chi connectivity index (χ2n) is 2.94. The van der Waals surface area contributed by atoms with Crippen LogP contribution in [0.15, 0.2) is 18.2 Å². The highest BCUT2D eigenvalue weighted by atomic mass is 79.9. The van der Waals surface area contributed by atoms with Crippen LogP contribution in [0.5, 0.6) is 0 Å². The first-order valence-corrected chi connectivity index (χ1v) is 5.40. The van der Waals surface area contributed by atoms with Crippen molar-refractivity contribution in [1.29, 1.82) is 0 Å². The van der Waals surface area contributed by atoms with E-state index in [1.807, 2.05) is 0 Å². The van der Waals surface area contributed by atoms with E-state index in [4.69, 9.17) is 16.7 Å². The van der Waals surface area contributed by atoms with Crippen LogP contribution in [0, 0.1) is 0 Å². The van der Waals surface area contributed by atoms with Gasteiger partial charge < -0.3 is 5.11 Å². The summed E-state index contributed by atoms with van der Waals surface area (Å²) in [6.07, 6.45) is 0. The van der Waals surface area contributed by atoms with Crippen molar-refractivity contribution in [2.45, 2.75) is 18.4 Å². The van der Waals surface area contributed by atoms with Crippen molar-refractivity contribution in [3.63, 3.8) is 0 Å². The van der Waals surface area contributed by atoms with E-state index in [9.17, 15) is 4.79 Å². The van der Waals surface area contributed by atoms with Crippen LogP contribution in [0.4, 0.5) is 0 Å². The summed E-state index contributed by atoms with van der Waals surface area (Å²) in [5, 5.41) is 9.58. The number of aliphatic hydroxyl groups excluding tert-OH is 1.